The Kier molecular flexibility index (Phi) is 9.15. The molecule has 0 unspecified atom stereocenters. The van der Waals surface area contributed by atoms with Gasteiger partial charge in [-0.1, -0.05) is 99.7 Å². The number of hydrogen-bond donors (Lipinski definition) is 1. The Balaban J connectivity index is 1.28. The topological polar surface area (TPSA) is 32.3 Å². The number of fused-ring (bicyclic) bond motifs is 1. The van der Waals surface area contributed by atoms with Crippen LogP contribution in [0.4, 0.5) is 5.69 Å². The van der Waals surface area contributed by atoms with E-state index in [9.17, 15) is 4.79 Å². The number of carbonyl (C=O) groups is 1. The smallest absolute Gasteiger partial charge is 0.242 e. The predicted octanol–water partition coefficient (Wildman–Crippen LogP) is 8.66. The number of nitrogens with one attached hydrogen (secondary N) is 1. The molecular weight excluding hydrogens is 496 g/mol. The van der Waals surface area contributed by atoms with Crippen molar-refractivity contribution < 1.29 is 4.79 Å². The maximum absolute atomic E-state index is 12.6. The van der Waals surface area contributed by atoms with Gasteiger partial charge in [0, 0.05) is 30.6 Å². The summed E-state index contributed by atoms with van der Waals surface area (Å²) in [6, 6.07) is 28.3. The minimum Gasteiger partial charge on any atom is -0.357 e. The van der Waals surface area contributed by atoms with Gasteiger partial charge in [-0.15, -0.1) is 11.3 Å². The van der Waals surface area contributed by atoms with Crippen molar-refractivity contribution in [2.75, 3.05) is 11.9 Å². The number of carbonyl (C=O) groups excluding carboxylic acids is 1. The average molecular weight is 537 g/mol. The molecule has 1 amide bonds. The fourth-order valence-electron chi connectivity index (χ4n) is 5.77. The number of amides is 1. The minimum absolute atomic E-state index is 0.0732. The molecule has 5 rings (SSSR count). The normalized spacial score (nSPS) is 14.4. The van der Waals surface area contributed by atoms with Crippen LogP contribution in [0, 0.1) is 0 Å². The quantitative estimate of drug-likeness (QED) is 0.184. The molecule has 4 heteroatoms. The molecule has 3 aromatic carbocycles. The van der Waals surface area contributed by atoms with Gasteiger partial charge >= 0.3 is 0 Å². The van der Waals surface area contributed by atoms with E-state index in [-0.39, 0.29) is 11.9 Å². The summed E-state index contributed by atoms with van der Waals surface area (Å²) in [5.41, 5.74) is 8.88. The van der Waals surface area contributed by atoms with Crippen molar-refractivity contribution in [2.45, 2.75) is 70.9 Å². The molecule has 3 nitrogen and oxygen atoms in total. The van der Waals surface area contributed by atoms with E-state index >= 15 is 0 Å². The molecule has 39 heavy (non-hydrogen) atoms. The lowest BCUT2D eigenvalue weighted by atomic mass is 9.98. The van der Waals surface area contributed by atoms with Crippen LogP contribution < -0.4 is 10.2 Å². The number of rotatable bonds is 12. The average Bonchev–Trinajstić information content (AvgIpc) is 3.60. The minimum atomic E-state index is -0.167. The summed E-state index contributed by atoms with van der Waals surface area (Å²) in [5.74, 6) is 0.0732. The first-order valence-corrected chi connectivity index (χ1v) is 15.4. The van der Waals surface area contributed by atoms with Gasteiger partial charge in [-0.25, -0.2) is 0 Å². The SMILES string of the molecule is CCCCCCCCc1ccsc1-c1cccc(-c2ccc(CN3c4ccccc4C[C@H]3C(=O)NC)cc2)c1. The van der Waals surface area contributed by atoms with Gasteiger partial charge < -0.3 is 10.2 Å². The van der Waals surface area contributed by atoms with Crippen LogP contribution >= 0.6 is 11.3 Å². The van der Waals surface area contributed by atoms with Gasteiger partial charge in [-0.2, -0.15) is 0 Å². The van der Waals surface area contributed by atoms with E-state index < -0.39 is 0 Å². The van der Waals surface area contributed by atoms with Gasteiger partial charge in [0.05, 0.1) is 0 Å². The van der Waals surface area contributed by atoms with Gasteiger partial charge in [0.2, 0.25) is 5.91 Å². The monoisotopic (exact) mass is 536 g/mol. The Hall–Kier alpha value is -3.37. The van der Waals surface area contributed by atoms with Crippen molar-refractivity contribution in [3.63, 3.8) is 0 Å². The number of benzene rings is 3. The summed E-state index contributed by atoms with van der Waals surface area (Å²) in [7, 11) is 1.72. The van der Waals surface area contributed by atoms with Gasteiger partial charge in [-0.3, -0.25) is 4.79 Å². The third-order valence-electron chi connectivity index (χ3n) is 7.95. The van der Waals surface area contributed by atoms with E-state index in [4.69, 9.17) is 0 Å². The van der Waals surface area contributed by atoms with E-state index in [0.29, 0.717) is 6.54 Å². The van der Waals surface area contributed by atoms with Crippen LogP contribution in [-0.4, -0.2) is 19.0 Å². The van der Waals surface area contributed by atoms with Crippen LogP contribution in [-0.2, 0) is 24.2 Å². The first-order chi connectivity index (χ1) is 19.2. The first-order valence-electron chi connectivity index (χ1n) is 14.5. The highest BCUT2D eigenvalue weighted by molar-refractivity contribution is 7.13. The van der Waals surface area contributed by atoms with E-state index in [1.165, 1.54) is 83.2 Å². The number of likely N-dealkylation sites (N-methyl/N-ethyl adjacent to an activating group) is 1. The number of thiophene rings is 1. The zero-order valence-corrected chi connectivity index (χ0v) is 24.1. The Labute approximate surface area is 237 Å². The molecule has 0 aliphatic carbocycles. The summed E-state index contributed by atoms with van der Waals surface area (Å²) in [6.45, 7) is 2.99. The molecular formula is C35H40N2OS. The maximum atomic E-state index is 12.6. The van der Waals surface area contributed by atoms with Crippen molar-refractivity contribution in [3.05, 3.63) is 101 Å². The Morgan fingerprint density at radius 3 is 2.46 bits per heavy atom. The molecule has 1 aromatic heterocycles. The standard InChI is InChI=1S/C35H40N2OS/c1-3-4-5-6-7-8-12-28-21-22-39-34(28)31-15-11-14-29(23-31)27-19-17-26(18-20-27)25-37-32-16-10-9-13-30(32)24-33(37)35(38)36-2/h9-11,13-23,33H,3-8,12,24-25H2,1-2H3,(H,36,38)/t33-/m0/s1. The highest BCUT2D eigenvalue weighted by Crippen LogP contribution is 2.35. The van der Waals surface area contributed by atoms with Crippen molar-refractivity contribution >= 4 is 22.9 Å². The van der Waals surface area contributed by atoms with Crippen molar-refractivity contribution in [2.24, 2.45) is 0 Å². The summed E-state index contributed by atoms with van der Waals surface area (Å²) in [4.78, 5) is 16.3. The second-order valence-corrected chi connectivity index (χ2v) is 11.6. The molecule has 2 heterocycles. The number of unbranched alkanes of at least 4 members (excludes halogenated alkanes) is 5. The van der Waals surface area contributed by atoms with E-state index in [2.05, 4.69) is 101 Å². The van der Waals surface area contributed by atoms with Gasteiger partial charge in [0.15, 0.2) is 0 Å². The van der Waals surface area contributed by atoms with E-state index in [1.54, 1.807) is 7.05 Å². The fraction of sp³-hybridized carbons (Fsp3) is 0.343. The number of nitrogens with zero attached hydrogens (tertiary/aromatic N) is 1. The molecule has 0 saturated carbocycles. The van der Waals surface area contributed by atoms with Crippen LogP contribution in [0.2, 0.25) is 0 Å². The Morgan fingerprint density at radius 2 is 1.64 bits per heavy atom. The van der Waals surface area contributed by atoms with Crippen LogP contribution in [0.3, 0.4) is 0 Å². The molecule has 4 aromatic rings. The molecule has 0 radical (unpaired) electrons. The number of aryl methyl sites for hydroxylation is 1. The van der Waals surface area contributed by atoms with E-state index in [1.807, 2.05) is 11.3 Å². The Morgan fingerprint density at radius 1 is 0.872 bits per heavy atom. The highest BCUT2D eigenvalue weighted by Gasteiger charge is 2.33. The fourth-order valence-corrected chi connectivity index (χ4v) is 6.72. The lowest BCUT2D eigenvalue weighted by Crippen LogP contribution is -2.43. The van der Waals surface area contributed by atoms with Crippen molar-refractivity contribution in [1.82, 2.24) is 5.32 Å². The Bertz CT molecular complexity index is 1370. The summed E-state index contributed by atoms with van der Waals surface area (Å²) < 4.78 is 0. The molecule has 1 atom stereocenters. The molecule has 0 spiro atoms. The van der Waals surface area contributed by atoms with Gasteiger partial charge in [0.25, 0.3) is 0 Å². The molecule has 1 N–H and O–H groups in total. The second-order valence-electron chi connectivity index (χ2n) is 10.7. The van der Waals surface area contributed by atoms with Crippen molar-refractivity contribution in [3.8, 4) is 21.6 Å². The molecule has 0 saturated heterocycles. The lowest BCUT2D eigenvalue weighted by Gasteiger charge is -2.26. The van der Waals surface area contributed by atoms with Gasteiger partial charge in [0.1, 0.15) is 6.04 Å². The number of anilines is 1. The van der Waals surface area contributed by atoms with Crippen LogP contribution in [0.1, 0.15) is 62.1 Å². The lowest BCUT2D eigenvalue weighted by molar-refractivity contribution is -0.121. The van der Waals surface area contributed by atoms with Gasteiger partial charge in [-0.05, 0) is 69.8 Å². The third-order valence-corrected chi connectivity index (χ3v) is 8.96. The molecule has 202 valence electrons. The maximum Gasteiger partial charge on any atom is 0.242 e. The summed E-state index contributed by atoms with van der Waals surface area (Å²) in [5, 5.41) is 5.09. The van der Waals surface area contributed by atoms with E-state index in [0.717, 1.165) is 12.1 Å². The van der Waals surface area contributed by atoms with Crippen LogP contribution in [0.5, 0.6) is 0 Å². The highest BCUT2D eigenvalue weighted by atomic mass is 32.1. The molecule has 0 bridgehead atoms. The zero-order valence-electron chi connectivity index (χ0n) is 23.3. The van der Waals surface area contributed by atoms with Crippen LogP contribution in [0.25, 0.3) is 21.6 Å². The summed E-state index contributed by atoms with van der Waals surface area (Å²) in [6.07, 6.45) is 9.92. The van der Waals surface area contributed by atoms with Crippen molar-refractivity contribution in [1.29, 1.82) is 0 Å². The number of para-hydroxylation sites is 1. The predicted molar refractivity (Wildman–Crippen MR) is 166 cm³/mol. The summed E-state index contributed by atoms with van der Waals surface area (Å²) >= 11 is 1.86. The van der Waals surface area contributed by atoms with Crippen LogP contribution in [0.15, 0.2) is 84.2 Å². The molecule has 0 fully saturated rings. The number of hydrogen-bond acceptors (Lipinski definition) is 3. The third kappa shape index (κ3) is 6.45. The largest absolute Gasteiger partial charge is 0.357 e. The zero-order chi connectivity index (χ0) is 27.0. The molecule has 1 aliphatic heterocycles. The second kappa shape index (κ2) is 13.1. The molecule has 1 aliphatic rings. The first kappa shape index (κ1) is 27.2.